The maximum Gasteiger partial charge on any atom is 0.248 e. The highest BCUT2D eigenvalue weighted by Crippen LogP contribution is 2.25. The summed E-state index contributed by atoms with van der Waals surface area (Å²) in [6.45, 7) is 3.92. The fourth-order valence-corrected chi connectivity index (χ4v) is 4.00. The Hall–Kier alpha value is -2.26. The minimum absolute atomic E-state index is 0.150. The summed E-state index contributed by atoms with van der Waals surface area (Å²) in [4.78, 5) is 37.8. The summed E-state index contributed by atoms with van der Waals surface area (Å²) in [5.41, 5.74) is 2.53. The van der Waals surface area contributed by atoms with Crippen LogP contribution < -0.4 is 20.9 Å². The van der Waals surface area contributed by atoms with Crippen molar-refractivity contribution in [1.82, 2.24) is 16.1 Å². The number of methoxy groups -OCH3 is 1. The molecule has 0 aromatic heterocycles. The molecule has 1 aromatic rings. The molecule has 9 heteroatoms. The van der Waals surface area contributed by atoms with E-state index in [9.17, 15) is 14.4 Å². The third kappa shape index (κ3) is 7.87. The molecule has 0 aliphatic heterocycles. The van der Waals surface area contributed by atoms with Crippen LogP contribution in [0.25, 0.3) is 0 Å². The monoisotopic (exact) mass is 439 g/mol. The van der Waals surface area contributed by atoms with Crippen LogP contribution in [0, 0.1) is 17.8 Å². The molecule has 0 spiro atoms. The summed E-state index contributed by atoms with van der Waals surface area (Å²) >= 11 is 1.42. The molecule has 0 aliphatic carbocycles. The van der Waals surface area contributed by atoms with Crippen molar-refractivity contribution >= 4 is 29.5 Å². The number of carbonyl (C=O) groups is 3. The molecule has 8 nitrogen and oxygen atoms in total. The number of hydrogen-bond donors (Lipinski definition) is 4. The highest BCUT2D eigenvalue weighted by atomic mass is 32.2. The number of ether oxygens (including phenoxy) is 1. The quantitative estimate of drug-likeness (QED) is 0.290. The zero-order chi connectivity index (χ0) is 22.7. The van der Waals surface area contributed by atoms with Gasteiger partial charge in [-0.25, -0.2) is 5.48 Å². The second-order valence-corrected chi connectivity index (χ2v) is 8.41. The largest absolute Gasteiger partial charge is 0.497 e. The highest BCUT2D eigenvalue weighted by Gasteiger charge is 2.35. The third-order valence-electron chi connectivity index (χ3n) is 4.82. The minimum atomic E-state index is -0.794. The van der Waals surface area contributed by atoms with Gasteiger partial charge in [0.05, 0.1) is 18.9 Å². The van der Waals surface area contributed by atoms with Crippen LogP contribution in [0.5, 0.6) is 5.75 Å². The van der Waals surface area contributed by atoms with E-state index in [0.717, 1.165) is 5.56 Å². The Kier molecular flexibility index (Phi) is 11.3. The first-order chi connectivity index (χ1) is 14.3. The number of likely N-dealkylation sites (N-methyl/N-ethyl adjacent to an activating group) is 1. The Morgan fingerprint density at radius 3 is 2.17 bits per heavy atom. The van der Waals surface area contributed by atoms with Gasteiger partial charge < -0.3 is 15.4 Å². The standard InChI is InChI=1S/C21H33N3O5S/c1-13(2)10-16(17(12-30-5)20(26)24-28)19(25)23-18(21(27)22-3)11-14-6-8-15(29-4)9-7-14/h6-9,13,16-18,28H,10-12H2,1-5H3,(H,22,27)(H,23,25)(H,24,26)/t16?,17?,18-/m0/s1. The zero-order valence-corrected chi connectivity index (χ0v) is 19.0. The highest BCUT2D eigenvalue weighted by molar-refractivity contribution is 7.98. The lowest BCUT2D eigenvalue weighted by Gasteiger charge is -2.28. The van der Waals surface area contributed by atoms with Crippen LogP contribution >= 0.6 is 11.8 Å². The summed E-state index contributed by atoms with van der Waals surface area (Å²) in [6.07, 6.45) is 2.58. The molecule has 0 bridgehead atoms. The van der Waals surface area contributed by atoms with Crippen molar-refractivity contribution in [2.45, 2.75) is 32.7 Å². The Labute approximate surface area is 182 Å². The van der Waals surface area contributed by atoms with Gasteiger partial charge in [-0.2, -0.15) is 11.8 Å². The van der Waals surface area contributed by atoms with E-state index in [4.69, 9.17) is 9.94 Å². The van der Waals surface area contributed by atoms with Gasteiger partial charge in [0.25, 0.3) is 0 Å². The molecule has 0 fully saturated rings. The van der Waals surface area contributed by atoms with Crippen molar-refractivity contribution < 1.29 is 24.3 Å². The molecule has 1 aromatic carbocycles. The first-order valence-corrected chi connectivity index (χ1v) is 11.2. The molecule has 1 rings (SSSR count). The maximum atomic E-state index is 13.2. The molecular formula is C21H33N3O5S. The van der Waals surface area contributed by atoms with Crippen LogP contribution in [0.15, 0.2) is 24.3 Å². The molecule has 0 saturated heterocycles. The number of hydrogen-bond acceptors (Lipinski definition) is 6. The predicted molar refractivity (Wildman–Crippen MR) is 117 cm³/mol. The van der Waals surface area contributed by atoms with Crippen LogP contribution in [0.3, 0.4) is 0 Å². The number of nitrogens with one attached hydrogen (secondary N) is 3. The fraction of sp³-hybridized carbons (Fsp3) is 0.571. The Balaban J connectivity index is 3.08. The van der Waals surface area contributed by atoms with Gasteiger partial charge in [-0.3, -0.25) is 19.6 Å². The average Bonchev–Trinajstić information content (AvgIpc) is 2.74. The lowest BCUT2D eigenvalue weighted by molar-refractivity contribution is -0.140. The van der Waals surface area contributed by atoms with Crippen molar-refractivity contribution in [3.05, 3.63) is 29.8 Å². The third-order valence-corrected chi connectivity index (χ3v) is 5.51. The molecular weight excluding hydrogens is 406 g/mol. The molecule has 30 heavy (non-hydrogen) atoms. The number of amides is 3. The number of benzene rings is 1. The molecule has 0 radical (unpaired) electrons. The van der Waals surface area contributed by atoms with E-state index in [0.29, 0.717) is 24.3 Å². The van der Waals surface area contributed by atoms with Crippen LogP contribution in [-0.4, -0.2) is 55.1 Å². The molecule has 0 saturated carbocycles. The molecule has 2 unspecified atom stereocenters. The van der Waals surface area contributed by atoms with E-state index in [1.807, 2.05) is 32.2 Å². The molecule has 3 amide bonds. The molecule has 0 aliphatic rings. The van der Waals surface area contributed by atoms with Crippen LogP contribution in [0.4, 0.5) is 0 Å². The Bertz CT molecular complexity index is 696. The second-order valence-electron chi connectivity index (χ2n) is 7.50. The predicted octanol–water partition coefficient (Wildman–Crippen LogP) is 1.62. The van der Waals surface area contributed by atoms with E-state index < -0.39 is 23.8 Å². The number of rotatable bonds is 12. The van der Waals surface area contributed by atoms with Gasteiger partial charge in [-0.15, -0.1) is 0 Å². The lowest BCUT2D eigenvalue weighted by Crippen LogP contribution is -2.51. The van der Waals surface area contributed by atoms with Gasteiger partial charge >= 0.3 is 0 Å². The van der Waals surface area contributed by atoms with Crippen LogP contribution in [-0.2, 0) is 20.8 Å². The summed E-state index contributed by atoms with van der Waals surface area (Å²) in [7, 11) is 3.09. The Morgan fingerprint density at radius 2 is 1.70 bits per heavy atom. The fourth-order valence-electron chi connectivity index (χ4n) is 3.26. The molecule has 168 valence electrons. The van der Waals surface area contributed by atoms with Crippen molar-refractivity contribution in [2.75, 3.05) is 26.2 Å². The van der Waals surface area contributed by atoms with Crippen molar-refractivity contribution in [2.24, 2.45) is 17.8 Å². The molecule has 0 heterocycles. The van der Waals surface area contributed by atoms with E-state index in [1.165, 1.54) is 18.8 Å². The van der Waals surface area contributed by atoms with Gasteiger partial charge in [0.15, 0.2) is 0 Å². The zero-order valence-electron chi connectivity index (χ0n) is 18.2. The van der Waals surface area contributed by atoms with Crippen LogP contribution in [0.2, 0.25) is 0 Å². The lowest BCUT2D eigenvalue weighted by atomic mass is 9.84. The second kappa shape index (κ2) is 13.1. The first kappa shape index (κ1) is 25.8. The molecule has 3 atom stereocenters. The summed E-state index contributed by atoms with van der Waals surface area (Å²) < 4.78 is 5.15. The van der Waals surface area contributed by atoms with Gasteiger partial charge in [-0.1, -0.05) is 26.0 Å². The van der Waals surface area contributed by atoms with E-state index in [2.05, 4.69) is 10.6 Å². The maximum absolute atomic E-state index is 13.2. The van der Waals surface area contributed by atoms with E-state index >= 15 is 0 Å². The summed E-state index contributed by atoms with van der Waals surface area (Å²) in [5, 5.41) is 14.5. The number of carbonyl (C=O) groups excluding carboxylic acids is 3. The van der Waals surface area contributed by atoms with Crippen LogP contribution in [0.1, 0.15) is 25.8 Å². The summed E-state index contributed by atoms with van der Waals surface area (Å²) in [6, 6.07) is 6.46. The van der Waals surface area contributed by atoms with Gasteiger partial charge in [0, 0.05) is 19.2 Å². The van der Waals surface area contributed by atoms with Crippen molar-refractivity contribution in [1.29, 1.82) is 0 Å². The average molecular weight is 440 g/mol. The van der Waals surface area contributed by atoms with Gasteiger partial charge in [-0.05, 0) is 36.3 Å². The van der Waals surface area contributed by atoms with Crippen molar-refractivity contribution in [3.63, 3.8) is 0 Å². The van der Waals surface area contributed by atoms with E-state index in [-0.39, 0.29) is 17.7 Å². The van der Waals surface area contributed by atoms with Gasteiger partial charge in [0.2, 0.25) is 17.7 Å². The SMILES string of the molecule is CNC(=O)[C@H](Cc1ccc(OC)cc1)NC(=O)C(CC(C)C)C(CSC)C(=O)NO. The molecule has 4 N–H and O–H groups in total. The smallest absolute Gasteiger partial charge is 0.248 e. The normalized spacial score (nSPS) is 13.8. The van der Waals surface area contributed by atoms with E-state index in [1.54, 1.807) is 24.7 Å². The Morgan fingerprint density at radius 1 is 1.07 bits per heavy atom. The topological polar surface area (TPSA) is 117 Å². The number of hydroxylamine groups is 1. The first-order valence-electron chi connectivity index (χ1n) is 9.85. The van der Waals surface area contributed by atoms with Crippen molar-refractivity contribution in [3.8, 4) is 5.75 Å². The van der Waals surface area contributed by atoms with Gasteiger partial charge in [0.1, 0.15) is 11.8 Å². The summed E-state index contributed by atoms with van der Waals surface area (Å²) in [5.74, 6) is -1.46. The number of thioether (sulfide) groups is 1. The minimum Gasteiger partial charge on any atom is -0.497 e.